The van der Waals surface area contributed by atoms with Crippen molar-refractivity contribution in [1.82, 2.24) is 30.2 Å². The van der Waals surface area contributed by atoms with Crippen molar-refractivity contribution in [3.8, 4) is 0 Å². The smallest absolute Gasteiger partial charge is 0.276 e. The van der Waals surface area contributed by atoms with Gasteiger partial charge in [-0.25, -0.2) is 22.9 Å². The summed E-state index contributed by atoms with van der Waals surface area (Å²) in [7, 11) is 0. The molecule has 9 nitrogen and oxygen atoms in total. The standard InChI is InChI=1S/C21H25F2N7O2/c1-11-18(29-32-28-11)20(31)27-19(13-4-6-21(22,23)7-5-13)15-10-30-16(26-15)8-14(9-25-30)17(24)12-2-3-12/h8-10,12-13,17,19H,2-7,24H2,1H3,(H,27,31)/t17?,19-/m0/s1. The number of halogens is 2. The van der Waals surface area contributed by atoms with Gasteiger partial charge in [0.15, 0.2) is 11.3 Å². The molecule has 2 aliphatic rings. The number of nitrogens with one attached hydrogen (secondary N) is 1. The number of fused-ring (bicyclic) bond motifs is 1. The second-order valence-corrected chi connectivity index (χ2v) is 8.96. The molecule has 1 amide bonds. The molecule has 0 bridgehead atoms. The summed E-state index contributed by atoms with van der Waals surface area (Å²) in [5, 5.41) is 14.7. The highest BCUT2D eigenvalue weighted by atomic mass is 19.3. The number of aromatic nitrogens is 5. The van der Waals surface area contributed by atoms with E-state index in [0.29, 0.717) is 23.0 Å². The second-order valence-electron chi connectivity index (χ2n) is 8.96. The fraction of sp³-hybridized carbons (Fsp3) is 0.571. The van der Waals surface area contributed by atoms with Crippen LogP contribution in [-0.4, -0.2) is 36.7 Å². The molecule has 0 aromatic carbocycles. The normalized spacial score (nSPS) is 20.9. The Balaban J connectivity index is 1.45. The molecule has 2 fully saturated rings. The zero-order valence-corrected chi connectivity index (χ0v) is 17.7. The number of rotatable bonds is 6. The average Bonchev–Trinajstić information content (AvgIpc) is 3.39. The number of imidazole rings is 1. The van der Waals surface area contributed by atoms with Crippen molar-refractivity contribution in [2.24, 2.45) is 17.6 Å². The number of aryl methyl sites for hydroxylation is 1. The summed E-state index contributed by atoms with van der Waals surface area (Å²) in [5.74, 6) is -2.88. The summed E-state index contributed by atoms with van der Waals surface area (Å²) in [6, 6.07) is 1.25. The highest BCUT2D eigenvalue weighted by Gasteiger charge is 2.39. The van der Waals surface area contributed by atoms with Crippen LogP contribution in [0.5, 0.6) is 0 Å². The molecule has 0 spiro atoms. The van der Waals surface area contributed by atoms with Gasteiger partial charge in [-0.3, -0.25) is 4.79 Å². The molecular formula is C21H25F2N7O2. The molecule has 3 aromatic heterocycles. The number of carbonyl (C=O) groups is 1. The molecule has 2 aliphatic carbocycles. The number of carbonyl (C=O) groups excluding carboxylic acids is 1. The van der Waals surface area contributed by atoms with E-state index in [1.165, 1.54) is 0 Å². The van der Waals surface area contributed by atoms with Gasteiger partial charge in [0.05, 0.1) is 24.1 Å². The van der Waals surface area contributed by atoms with Gasteiger partial charge in [0.25, 0.3) is 5.91 Å². The van der Waals surface area contributed by atoms with Crippen LogP contribution in [0.25, 0.3) is 5.65 Å². The summed E-state index contributed by atoms with van der Waals surface area (Å²) in [6.45, 7) is 1.61. The van der Waals surface area contributed by atoms with Crippen LogP contribution in [0.15, 0.2) is 23.1 Å². The molecule has 2 saturated carbocycles. The maximum absolute atomic E-state index is 13.8. The van der Waals surface area contributed by atoms with Gasteiger partial charge in [-0.15, -0.1) is 0 Å². The molecule has 3 N–H and O–H groups in total. The van der Waals surface area contributed by atoms with E-state index in [9.17, 15) is 13.6 Å². The van der Waals surface area contributed by atoms with Gasteiger partial charge in [-0.1, -0.05) is 5.16 Å². The van der Waals surface area contributed by atoms with E-state index in [0.717, 1.165) is 18.4 Å². The molecule has 0 radical (unpaired) electrons. The van der Waals surface area contributed by atoms with Crippen LogP contribution in [-0.2, 0) is 0 Å². The first-order valence-corrected chi connectivity index (χ1v) is 10.9. The lowest BCUT2D eigenvalue weighted by Crippen LogP contribution is -2.37. The van der Waals surface area contributed by atoms with Gasteiger partial charge in [-0.2, -0.15) is 5.10 Å². The van der Waals surface area contributed by atoms with Crippen molar-refractivity contribution in [3.63, 3.8) is 0 Å². The van der Waals surface area contributed by atoms with E-state index < -0.39 is 17.9 Å². The van der Waals surface area contributed by atoms with Crippen molar-refractivity contribution in [2.75, 3.05) is 0 Å². The number of amides is 1. The first kappa shape index (κ1) is 20.9. The predicted molar refractivity (Wildman–Crippen MR) is 109 cm³/mol. The third-order valence-electron chi connectivity index (χ3n) is 6.58. The molecule has 0 saturated heterocycles. The fourth-order valence-electron chi connectivity index (χ4n) is 4.45. The highest BCUT2D eigenvalue weighted by Crippen LogP contribution is 2.42. The summed E-state index contributed by atoms with van der Waals surface area (Å²) < 4.78 is 33.8. The number of hydrogen-bond acceptors (Lipinski definition) is 7. The molecular weight excluding hydrogens is 420 g/mol. The maximum Gasteiger partial charge on any atom is 0.276 e. The predicted octanol–water partition coefficient (Wildman–Crippen LogP) is 3.13. The SMILES string of the molecule is Cc1nonc1C(=O)N[C@H](c1cn2ncc(C(N)C3CC3)cc2n1)C1CCC(F)(F)CC1. The van der Waals surface area contributed by atoms with Crippen LogP contribution in [0, 0.1) is 18.8 Å². The minimum atomic E-state index is -2.67. The van der Waals surface area contributed by atoms with Gasteiger partial charge < -0.3 is 11.1 Å². The Morgan fingerprint density at radius 2 is 2.00 bits per heavy atom. The molecule has 32 heavy (non-hydrogen) atoms. The summed E-state index contributed by atoms with van der Waals surface area (Å²) >= 11 is 0. The van der Waals surface area contributed by atoms with Crippen LogP contribution < -0.4 is 11.1 Å². The van der Waals surface area contributed by atoms with Crippen molar-refractivity contribution in [3.05, 3.63) is 41.1 Å². The van der Waals surface area contributed by atoms with Crippen LogP contribution >= 0.6 is 0 Å². The van der Waals surface area contributed by atoms with Gasteiger partial charge in [0.1, 0.15) is 5.69 Å². The quantitative estimate of drug-likeness (QED) is 0.597. The molecule has 2 atom stereocenters. The number of nitrogens with two attached hydrogens (primary N) is 1. The molecule has 11 heteroatoms. The molecule has 5 rings (SSSR count). The van der Waals surface area contributed by atoms with Crippen molar-refractivity contribution >= 4 is 11.6 Å². The Kier molecular flexibility index (Phi) is 5.15. The summed E-state index contributed by atoms with van der Waals surface area (Å²) in [4.78, 5) is 17.5. The maximum atomic E-state index is 13.8. The largest absolute Gasteiger partial charge is 0.342 e. The Morgan fingerprint density at radius 1 is 1.25 bits per heavy atom. The Bertz CT molecular complexity index is 1130. The lowest BCUT2D eigenvalue weighted by Gasteiger charge is -2.33. The molecule has 0 aliphatic heterocycles. The van der Waals surface area contributed by atoms with Crippen LogP contribution in [0.4, 0.5) is 8.78 Å². The fourth-order valence-corrected chi connectivity index (χ4v) is 4.45. The molecule has 3 aromatic rings. The van der Waals surface area contributed by atoms with Crippen LogP contribution in [0.2, 0.25) is 0 Å². The zero-order chi connectivity index (χ0) is 22.5. The number of nitrogens with zero attached hydrogens (tertiary/aromatic N) is 5. The van der Waals surface area contributed by atoms with Crippen molar-refractivity contribution in [2.45, 2.75) is 63.5 Å². The van der Waals surface area contributed by atoms with Gasteiger partial charge in [-0.05, 0) is 61.2 Å². The lowest BCUT2D eigenvalue weighted by atomic mass is 9.81. The molecule has 170 valence electrons. The van der Waals surface area contributed by atoms with Gasteiger partial charge in [0.2, 0.25) is 5.92 Å². The topological polar surface area (TPSA) is 124 Å². The number of hydrogen-bond donors (Lipinski definition) is 2. The molecule has 1 unspecified atom stereocenters. The lowest BCUT2D eigenvalue weighted by molar-refractivity contribution is -0.0495. The van der Waals surface area contributed by atoms with E-state index in [4.69, 9.17) is 5.73 Å². The van der Waals surface area contributed by atoms with E-state index in [1.807, 2.05) is 6.07 Å². The average molecular weight is 445 g/mol. The van der Waals surface area contributed by atoms with E-state index in [2.05, 4.69) is 30.3 Å². The van der Waals surface area contributed by atoms with E-state index in [-0.39, 0.29) is 43.3 Å². The van der Waals surface area contributed by atoms with Crippen LogP contribution in [0.1, 0.15) is 78.0 Å². The first-order valence-electron chi connectivity index (χ1n) is 10.9. The number of alkyl halides is 2. The monoisotopic (exact) mass is 445 g/mol. The van der Waals surface area contributed by atoms with Gasteiger partial charge >= 0.3 is 0 Å². The third kappa shape index (κ3) is 4.08. The van der Waals surface area contributed by atoms with Crippen LogP contribution in [0.3, 0.4) is 0 Å². The molecule has 3 heterocycles. The Morgan fingerprint density at radius 3 is 2.66 bits per heavy atom. The zero-order valence-electron chi connectivity index (χ0n) is 17.7. The minimum Gasteiger partial charge on any atom is -0.342 e. The Hall–Kier alpha value is -2.95. The van der Waals surface area contributed by atoms with Crippen molar-refractivity contribution in [1.29, 1.82) is 0 Å². The second kappa shape index (κ2) is 7.88. The summed E-state index contributed by atoms with van der Waals surface area (Å²) in [5.41, 5.74) is 8.81. The highest BCUT2D eigenvalue weighted by molar-refractivity contribution is 5.93. The third-order valence-corrected chi connectivity index (χ3v) is 6.58. The Labute approximate surface area is 182 Å². The first-order chi connectivity index (χ1) is 15.3. The van der Waals surface area contributed by atoms with E-state index >= 15 is 0 Å². The van der Waals surface area contributed by atoms with Gasteiger partial charge in [0, 0.05) is 18.9 Å². The van der Waals surface area contributed by atoms with E-state index in [1.54, 1.807) is 23.8 Å². The van der Waals surface area contributed by atoms with Crippen molar-refractivity contribution < 1.29 is 18.2 Å². The summed E-state index contributed by atoms with van der Waals surface area (Å²) in [6.07, 6.45) is 5.79. The minimum absolute atomic E-state index is 0.0655.